The van der Waals surface area contributed by atoms with Crippen LogP contribution in [0.25, 0.3) is 0 Å². The Balaban J connectivity index is 2.08. The molecule has 0 radical (unpaired) electrons. The van der Waals surface area contributed by atoms with Crippen molar-refractivity contribution in [2.24, 2.45) is 12.9 Å². The fraction of sp³-hybridized carbons (Fsp3) is 0.923. The molecule has 0 aromatic carbocycles. The van der Waals surface area contributed by atoms with Crippen molar-refractivity contribution in [2.45, 2.75) is 70.8 Å². The molecule has 0 fully saturated rings. The number of nitrogens with one attached hydrogen (secondary N) is 1. The summed E-state index contributed by atoms with van der Waals surface area (Å²) in [6, 6.07) is 0.250. The molecule has 6 heteroatoms. The molecular weight excluding hydrogens is 240 g/mol. The normalized spacial score (nSPS) is 12.8. The molecule has 0 saturated carbocycles. The van der Waals surface area contributed by atoms with Gasteiger partial charge in [0.25, 0.3) is 0 Å². The number of hydrogen-bond acceptors (Lipinski definition) is 5. The van der Waals surface area contributed by atoms with Gasteiger partial charge in [-0.15, -0.1) is 10.2 Å². The molecule has 0 saturated heterocycles. The SMILES string of the molecule is CCCCCCCCCC(Cc1nnn(C)n1)NN. The van der Waals surface area contributed by atoms with Crippen molar-refractivity contribution in [1.29, 1.82) is 0 Å². The summed E-state index contributed by atoms with van der Waals surface area (Å²) in [6.07, 6.45) is 11.1. The molecule has 3 N–H and O–H groups in total. The zero-order chi connectivity index (χ0) is 13.9. The smallest absolute Gasteiger partial charge is 0.176 e. The highest BCUT2D eigenvalue weighted by Crippen LogP contribution is 2.10. The van der Waals surface area contributed by atoms with Crippen LogP contribution in [0.2, 0.25) is 0 Å². The van der Waals surface area contributed by atoms with Crippen LogP contribution in [0.1, 0.15) is 64.1 Å². The maximum absolute atomic E-state index is 5.58. The average molecular weight is 268 g/mol. The van der Waals surface area contributed by atoms with Crippen molar-refractivity contribution < 1.29 is 0 Å². The molecule has 1 rings (SSSR count). The summed E-state index contributed by atoms with van der Waals surface area (Å²) >= 11 is 0. The summed E-state index contributed by atoms with van der Waals surface area (Å²) in [6.45, 7) is 2.25. The fourth-order valence-electron chi connectivity index (χ4n) is 2.22. The van der Waals surface area contributed by atoms with E-state index >= 15 is 0 Å². The van der Waals surface area contributed by atoms with E-state index in [2.05, 4.69) is 27.8 Å². The summed E-state index contributed by atoms with van der Waals surface area (Å²) in [5, 5.41) is 12.0. The van der Waals surface area contributed by atoms with E-state index in [-0.39, 0.29) is 6.04 Å². The van der Waals surface area contributed by atoms with Crippen LogP contribution in [0.15, 0.2) is 0 Å². The van der Waals surface area contributed by atoms with Gasteiger partial charge < -0.3 is 0 Å². The van der Waals surface area contributed by atoms with E-state index in [4.69, 9.17) is 5.84 Å². The number of tetrazole rings is 1. The number of aryl methyl sites for hydroxylation is 1. The van der Waals surface area contributed by atoms with Crippen LogP contribution in [-0.4, -0.2) is 26.2 Å². The highest BCUT2D eigenvalue weighted by Gasteiger charge is 2.11. The van der Waals surface area contributed by atoms with Crippen LogP contribution in [0, 0.1) is 0 Å². The molecule has 19 heavy (non-hydrogen) atoms. The van der Waals surface area contributed by atoms with Crippen molar-refractivity contribution in [3.63, 3.8) is 0 Å². The zero-order valence-electron chi connectivity index (χ0n) is 12.3. The molecule has 1 aromatic rings. The van der Waals surface area contributed by atoms with E-state index < -0.39 is 0 Å². The number of hydrogen-bond donors (Lipinski definition) is 2. The van der Waals surface area contributed by atoms with Crippen molar-refractivity contribution in [3.8, 4) is 0 Å². The lowest BCUT2D eigenvalue weighted by atomic mass is 10.0. The summed E-state index contributed by atoms with van der Waals surface area (Å²) in [5.74, 6) is 6.33. The maximum atomic E-state index is 5.58. The minimum atomic E-state index is 0.250. The van der Waals surface area contributed by atoms with Crippen LogP contribution in [0.3, 0.4) is 0 Å². The number of nitrogens with zero attached hydrogens (tertiary/aromatic N) is 4. The molecule has 0 aliphatic heterocycles. The van der Waals surface area contributed by atoms with Gasteiger partial charge in [-0.25, -0.2) is 0 Å². The van der Waals surface area contributed by atoms with Gasteiger partial charge in [0.05, 0.1) is 7.05 Å². The van der Waals surface area contributed by atoms with E-state index in [1.54, 1.807) is 7.05 Å². The van der Waals surface area contributed by atoms with Gasteiger partial charge in [0.15, 0.2) is 5.82 Å². The van der Waals surface area contributed by atoms with Crippen molar-refractivity contribution >= 4 is 0 Å². The summed E-state index contributed by atoms with van der Waals surface area (Å²) in [5.41, 5.74) is 2.85. The molecule has 1 atom stereocenters. The lowest BCUT2D eigenvalue weighted by molar-refractivity contribution is 0.451. The van der Waals surface area contributed by atoms with Gasteiger partial charge in [-0.2, -0.15) is 4.80 Å². The molecule has 1 aromatic heterocycles. The zero-order valence-corrected chi connectivity index (χ0v) is 12.3. The first-order valence-corrected chi connectivity index (χ1v) is 7.45. The molecule has 1 heterocycles. The van der Waals surface area contributed by atoms with E-state index in [1.807, 2.05) is 0 Å². The van der Waals surface area contributed by atoms with E-state index in [0.29, 0.717) is 0 Å². The summed E-state index contributed by atoms with van der Waals surface area (Å²) in [7, 11) is 1.78. The molecule has 0 bridgehead atoms. The van der Waals surface area contributed by atoms with Crippen molar-refractivity contribution in [1.82, 2.24) is 25.6 Å². The van der Waals surface area contributed by atoms with E-state index in [0.717, 1.165) is 18.7 Å². The van der Waals surface area contributed by atoms with Crippen LogP contribution in [-0.2, 0) is 13.5 Å². The molecule has 0 aliphatic carbocycles. The Morgan fingerprint density at radius 2 is 1.84 bits per heavy atom. The third-order valence-corrected chi connectivity index (χ3v) is 3.37. The number of rotatable bonds is 11. The van der Waals surface area contributed by atoms with Crippen molar-refractivity contribution in [3.05, 3.63) is 5.82 Å². The minimum absolute atomic E-state index is 0.250. The minimum Gasteiger partial charge on any atom is -0.271 e. The molecule has 0 amide bonds. The molecule has 1 unspecified atom stereocenters. The van der Waals surface area contributed by atoms with Crippen LogP contribution in [0.4, 0.5) is 0 Å². The van der Waals surface area contributed by atoms with Crippen LogP contribution < -0.4 is 11.3 Å². The monoisotopic (exact) mass is 268 g/mol. The number of hydrazine groups is 1. The summed E-state index contributed by atoms with van der Waals surface area (Å²) < 4.78 is 0. The topological polar surface area (TPSA) is 81.7 Å². The fourth-order valence-corrected chi connectivity index (χ4v) is 2.22. The van der Waals surface area contributed by atoms with Gasteiger partial charge >= 0.3 is 0 Å². The van der Waals surface area contributed by atoms with E-state index in [9.17, 15) is 0 Å². The Bertz CT molecular complexity index is 325. The Kier molecular flexibility index (Phi) is 8.33. The van der Waals surface area contributed by atoms with E-state index in [1.165, 1.54) is 49.7 Å². The predicted octanol–water partition coefficient (Wildman–Crippen LogP) is 1.73. The Hall–Kier alpha value is -1.01. The van der Waals surface area contributed by atoms with Gasteiger partial charge in [0, 0.05) is 12.5 Å². The predicted molar refractivity (Wildman–Crippen MR) is 76.2 cm³/mol. The average Bonchev–Trinajstić information content (AvgIpc) is 2.81. The Morgan fingerprint density at radius 3 is 2.42 bits per heavy atom. The lowest BCUT2D eigenvalue weighted by Crippen LogP contribution is -2.37. The van der Waals surface area contributed by atoms with Gasteiger partial charge in [0.1, 0.15) is 0 Å². The second kappa shape index (κ2) is 9.86. The highest BCUT2D eigenvalue weighted by molar-refractivity contribution is 4.83. The van der Waals surface area contributed by atoms with Gasteiger partial charge in [0.2, 0.25) is 0 Å². The Morgan fingerprint density at radius 1 is 1.16 bits per heavy atom. The molecule has 0 spiro atoms. The second-order valence-corrected chi connectivity index (χ2v) is 5.17. The molecule has 0 aliphatic rings. The first-order valence-electron chi connectivity index (χ1n) is 7.45. The van der Waals surface area contributed by atoms with Crippen LogP contribution in [0.5, 0.6) is 0 Å². The summed E-state index contributed by atoms with van der Waals surface area (Å²) in [4.78, 5) is 1.48. The molecule has 6 nitrogen and oxygen atoms in total. The maximum Gasteiger partial charge on any atom is 0.176 e. The second-order valence-electron chi connectivity index (χ2n) is 5.17. The number of unbranched alkanes of at least 4 members (excludes halogenated alkanes) is 6. The standard InChI is InChI=1S/C13H28N6/c1-3-4-5-6-7-8-9-10-12(15-14)11-13-16-18-19(2)17-13/h12,15H,3-11,14H2,1-2H3. The largest absolute Gasteiger partial charge is 0.271 e. The van der Waals surface area contributed by atoms with Gasteiger partial charge in [-0.05, 0) is 11.6 Å². The first kappa shape index (κ1) is 16.0. The Labute approximate surface area is 116 Å². The van der Waals surface area contributed by atoms with Gasteiger partial charge in [-0.3, -0.25) is 11.3 Å². The third kappa shape index (κ3) is 7.22. The number of nitrogens with two attached hydrogens (primary N) is 1. The molecule has 110 valence electrons. The first-order chi connectivity index (χ1) is 9.26. The van der Waals surface area contributed by atoms with Crippen LogP contribution >= 0.6 is 0 Å². The van der Waals surface area contributed by atoms with Gasteiger partial charge in [-0.1, -0.05) is 51.9 Å². The molecular formula is C13H28N6. The number of aromatic nitrogens is 4. The quantitative estimate of drug-likeness (QED) is 0.363. The lowest BCUT2D eigenvalue weighted by Gasteiger charge is -2.13. The highest BCUT2D eigenvalue weighted by atomic mass is 15.6. The van der Waals surface area contributed by atoms with Crippen molar-refractivity contribution in [2.75, 3.05) is 0 Å². The third-order valence-electron chi connectivity index (χ3n) is 3.37.